The van der Waals surface area contributed by atoms with Crippen molar-refractivity contribution in [3.63, 3.8) is 0 Å². The van der Waals surface area contributed by atoms with Gasteiger partial charge in [0.2, 0.25) is 10.0 Å². The van der Waals surface area contributed by atoms with Gasteiger partial charge in [0.05, 0.1) is 10.6 Å². The lowest BCUT2D eigenvalue weighted by Gasteiger charge is -2.08. The number of amides is 1. The molecule has 0 fully saturated rings. The number of carbonyl (C=O) groups excluding carboxylic acids is 1. The van der Waals surface area contributed by atoms with E-state index in [9.17, 15) is 13.2 Å². The van der Waals surface area contributed by atoms with E-state index in [1.807, 2.05) is 12.1 Å². The van der Waals surface area contributed by atoms with Gasteiger partial charge in [0.15, 0.2) is 5.65 Å². The highest BCUT2D eigenvalue weighted by atomic mass is 32.2. The molecule has 1 amide bonds. The van der Waals surface area contributed by atoms with E-state index in [-0.39, 0.29) is 10.8 Å². The molecule has 0 saturated heterocycles. The highest BCUT2D eigenvalue weighted by molar-refractivity contribution is 7.89. The molecule has 0 saturated carbocycles. The summed E-state index contributed by atoms with van der Waals surface area (Å²) in [5, 5.41) is 20.0. The fraction of sp³-hybridized carbons (Fsp3) is 0. The van der Waals surface area contributed by atoms with Gasteiger partial charge in [-0.1, -0.05) is 12.1 Å². The van der Waals surface area contributed by atoms with Crippen molar-refractivity contribution >= 4 is 27.3 Å². The second-order valence-corrected chi connectivity index (χ2v) is 7.52. The van der Waals surface area contributed by atoms with Gasteiger partial charge >= 0.3 is 0 Å². The first kappa shape index (κ1) is 17.8. The number of nitrogens with zero attached hydrogens (tertiary/aromatic N) is 4. The summed E-state index contributed by atoms with van der Waals surface area (Å²) in [6, 6.07) is 16.2. The summed E-state index contributed by atoms with van der Waals surface area (Å²) in [5.74, 6) is -0.375. The Morgan fingerprint density at radius 3 is 2.57 bits per heavy atom. The molecular formula is C18H14N6O3S. The molecule has 2 heterocycles. The minimum atomic E-state index is -3.80. The normalized spacial score (nSPS) is 11.5. The Balaban J connectivity index is 1.56. The number of anilines is 1. The van der Waals surface area contributed by atoms with Crippen LogP contribution < -0.4 is 10.5 Å². The molecule has 0 unspecified atom stereocenters. The van der Waals surface area contributed by atoms with Crippen LogP contribution in [0.4, 0.5) is 5.69 Å². The van der Waals surface area contributed by atoms with Gasteiger partial charge in [-0.3, -0.25) is 4.79 Å². The predicted molar refractivity (Wildman–Crippen MR) is 102 cm³/mol. The molecule has 0 bridgehead atoms. The van der Waals surface area contributed by atoms with E-state index < -0.39 is 10.0 Å². The van der Waals surface area contributed by atoms with Gasteiger partial charge < -0.3 is 5.32 Å². The molecule has 0 radical (unpaired) electrons. The van der Waals surface area contributed by atoms with Gasteiger partial charge in [-0.2, -0.15) is 9.61 Å². The second-order valence-electron chi connectivity index (χ2n) is 5.96. The van der Waals surface area contributed by atoms with Crippen molar-refractivity contribution in [2.75, 3.05) is 5.32 Å². The molecule has 28 heavy (non-hydrogen) atoms. The minimum absolute atomic E-state index is 0.0542. The summed E-state index contributed by atoms with van der Waals surface area (Å²) < 4.78 is 24.2. The van der Waals surface area contributed by atoms with E-state index in [0.29, 0.717) is 22.6 Å². The largest absolute Gasteiger partial charge is 0.322 e. The Kier molecular flexibility index (Phi) is 4.34. The minimum Gasteiger partial charge on any atom is -0.322 e. The lowest BCUT2D eigenvalue weighted by Crippen LogP contribution is -2.14. The summed E-state index contributed by atoms with van der Waals surface area (Å²) >= 11 is 0. The van der Waals surface area contributed by atoms with Crippen molar-refractivity contribution in [1.82, 2.24) is 19.8 Å². The highest BCUT2D eigenvalue weighted by Gasteiger charge is 2.11. The molecule has 0 spiro atoms. The van der Waals surface area contributed by atoms with E-state index in [4.69, 9.17) is 5.14 Å². The predicted octanol–water partition coefficient (Wildman–Crippen LogP) is 1.69. The van der Waals surface area contributed by atoms with Crippen molar-refractivity contribution in [2.24, 2.45) is 5.14 Å². The third-order valence-corrected chi connectivity index (χ3v) is 4.95. The average molecular weight is 394 g/mol. The van der Waals surface area contributed by atoms with Crippen LogP contribution in [0, 0.1) is 0 Å². The van der Waals surface area contributed by atoms with Gasteiger partial charge in [0, 0.05) is 16.8 Å². The van der Waals surface area contributed by atoms with Crippen LogP contribution in [0.15, 0.2) is 71.9 Å². The average Bonchev–Trinajstić information content (AvgIpc) is 3.15. The Bertz CT molecular complexity index is 1280. The van der Waals surface area contributed by atoms with E-state index in [0.717, 1.165) is 5.56 Å². The third kappa shape index (κ3) is 3.59. The third-order valence-electron chi connectivity index (χ3n) is 4.02. The van der Waals surface area contributed by atoms with Crippen LogP contribution in [0.3, 0.4) is 0 Å². The molecule has 10 heteroatoms. The van der Waals surface area contributed by atoms with Crippen molar-refractivity contribution in [1.29, 1.82) is 0 Å². The number of hydrogen-bond acceptors (Lipinski definition) is 6. The van der Waals surface area contributed by atoms with Gasteiger partial charge in [-0.25, -0.2) is 13.6 Å². The summed E-state index contributed by atoms with van der Waals surface area (Å²) in [6.07, 6.45) is 1.51. The van der Waals surface area contributed by atoms with Crippen LogP contribution >= 0.6 is 0 Å². The van der Waals surface area contributed by atoms with Crippen molar-refractivity contribution < 1.29 is 13.2 Å². The Hall–Kier alpha value is -3.63. The molecule has 0 aliphatic heterocycles. The lowest BCUT2D eigenvalue weighted by molar-refractivity contribution is 0.102. The standard InChI is InChI=1S/C18H14N6O3S/c19-28(26,27)15-6-4-12(5-7-15)18(25)21-14-3-1-2-13(10-14)16-8-9-17-22-20-11-24(17)23-16/h1-11H,(H,21,25)(H2,19,26,27). The van der Waals surface area contributed by atoms with E-state index in [1.54, 1.807) is 28.8 Å². The molecule has 0 aliphatic carbocycles. The second kappa shape index (κ2) is 6.83. The first-order valence-electron chi connectivity index (χ1n) is 8.12. The summed E-state index contributed by atoms with van der Waals surface area (Å²) in [4.78, 5) is 12.4. The Labute approximate surface area is 159 Å². The number of nitrogens with one attached hydrogen (secondary N) is 1. The summed E-state index contributed by atoms with van der Waals surface area (Å²) in [7, 11) is -3.80. The smallest absolute Gasteiger partial charge is 0.255 e. The number of nitrogens with two attached hydrogens (primary N) is 1. The van der Waals surface area contributed by atoms with Crippen LogP contribution in [0.2, 0.25) is 0 Å². The zero-order valence-electron chi connectivity index (χ0n) is 14.4. The maximum atomic E-state index is 12.4. The molecule has 4 aromatic rings. The lowest BCUT2D eigenvalue weighted by atomic mass is 10.1. The molecule has 0 aliphatic rings. The van der Waals surface area contributed by atoms with Gasteiger partial charge in [-0.15, -0.1) is 10.2 Å². The number of aromatic nitrogens is 4. The first-order chi connectivity index (χ1) is 13.4. The maximum absolute atomic E-state index is 12.4. The zero-order chi connectivity index (χ0) is 19.7. The van der Waals surface area contributed by atoms with Crippen molar-refractivity contribution in [2.45, 2.75) is 4.90 Å². The Morgan fingerprint density at radius 2 is 1.82 bits per heavy atom. The van der Waals surface area contributed by atoms with Gasteiger partial charge in [0.1, 0.15) is 6.33 Å². The number of primary sulfonamides is 1. The maximum Gasteiger partial charge on any atom is 0.255 e. The molecule has 9 nitrogen and oxygen atoms in total. The molecule has 0 atom stereocenters. The van der Waals surface area contributed by atoms with Crippen LogP contribution in [0.25, 0.3) is 16.9 Å². The molecule has 2 aromatic heterocycles. The van der Waals surface area contributed by atoms with Crippen LogP contribution in [0.1, 0.15) is 10.4 Å². The van der Waals surface area contributed by atoms with Crippen molar-refractivity contribution in [3.05, 3.63) is 72.6 Å². The number of sulfonamides is 1. The van der Waals surface area contributed by atoms with E-state index >= 15 is 0 Å². The van der Waals surface area contributed by atoms with Crippen molar-refractivity contribution in [3.8, 4) is 11.3 Å². The number of carbonyl (C=O) groups is 1. The van der Waals surface area contributed by atoms with Crippen LogP contribution in [0.5, 0.6) is 0 Å². The number of rotatable bonds is 4. The molecule has 2 aromatic carbocycles. The Morgan fingerprint density at radius 1 is 1.04 bits per heavy atom. The quantitative estimate of drug-likeness (QED) is 0.541. The fourth-order valence-corrected chi connectivity index (χ4v) is 3.15. The topological polar surface area (TPSA) is 132 Å². The van der Waals surface area contributed by atoms with Crippen LogP contribution in [-0.2, 0) is 10.0 Å². The SMILES string of the molecule is NS(=O)(=O)c1ccc(C(=O)Nc2cccc(-c3ccc4nncn4n3)c2)cc1. The first-order valence-corrected chi connectivity index (χ1v) is 9.66. The van der Waals surface area contributed by atoms with E-state index in [2.05, 4.69) is 20.6 Å². The monoisotopic (exact) mass is 394 g/mol. The summed E-state index contributed by atoms with van der Waals surface area (Å²) in [6.45, 7) is 0. The van der Waals surface area contributed by atoms with E-state index in [1.165, 1.54) is 30.6 Å². The molecule has 4 rings (SSSR count). The number of fused-ring (bicyclic) bond motifs is 1. The molecular weight excluding hydrogens is 380 g/mol. The number of hydrogen-bond donors (Lipinski definition) is 2. The fourth-order valence-electron chi connectivity index (χ4n) is 2.64. The van der Waals surface area contributed by atoms with Gasteiger partial charge in [-0.05, 0) is 48.5 Å². The molecule has 3 N–H and O–H groups in total. The molecule has 140 valence electrons. The zero-order valence-corrected chi connectivity index (χ0v) is 15.2. The van der Waals surface area contributed by atoms with Crippen LogP contribution in [-0.4, -0.2) is 34.1 Å². The summed E-state index contributed by atoms with van der Waals surface area (Å²) in [5.41, 5.74) is 3.01. The highest BCUT2D eigenvalue weighted by Crippen LogP contribution is 2.21. The van der Waals surface area contributed by atoms with Gasteiger partial charge in [0.25, 0.3) is 5.91 Å². The number of benzene rings is 2.